The number of hydrogen-bond acceptors (Lipinski definition) is 6. The van der Waals surface area contributed by atoms with Crippen LogP contribution in [0.25, 0.3) is 70.9 Å². The molecule has 5 aromatic heterocycles. The number of aromatic nitrogens is 1. The number of nitrogens with zero attached hydrogens (tertiary/aromatic N) is 3. The first-order valence-electron chi connectivity index (χ1n) is 42.5. The van der Waals surface area contributed by atoms with Crippen molar-refractivity contribution in [2.24, 2.45) is 17.3 Å². The van der Waals surface area contributed by atoms with Crippen molar-refractivity contribution in [3.8, 4) is 19.5 Å². The molecule has 9 heteroatoms. The van der Waals surface area contributed by atoms with Crippen LogP contribution in [-0.2, 0) is 15.0 Å². The molecule has 9 rings (SSSR count). The van der Waals surface area contributed by atoms with Crippen LogP contribution in [0.3, 0.4) is 0 Å². The first kappa shape index (κ1) is 83.0. The molecule has 0 bridgehead atoms. The molecule has 0 fully saturated rings. The molecule has 0 saturated carbocycles. The fraction of sp³-hybridized carbons (Fsp3) is 0.600. The highest BCUT2D eigenvalue weighted by molar-refractivity contribution is 7.23. The van der Waals surface area contributed by atoms with E-state index in [1.54, 1.807) is 22.7 Å². The van der Waals surface area contributed by atoms with Crippen LogP contribution in [0.15, 0.2) is 102 Å². The predicted octanol–water partition coefficient (Wildman–Crippen LogP) is 31.4. The van der Waals surface area contributed by atoms with Gasteiger partial charge in [0.25, 0.3) is 11.8 Å². The Labute approximate surface area is 649 Å². The molecule has 104 heavy (non-hydrogen) atoms. The van der Waals surface area contributed by atoms with Gasteiger partial charge in [0.05, 0.1) is 32.3 Å². The second-order valence-electron chi connectivity index (χ2n) is 33.5. The van der Waals surface area contributed by atoms with Gasteiger partial charge in [0.1, 0.15) is 0 Å². The second kappa shape index (κ2) is 42.6. The van der Waals surface area contributed by atoms with Gasteiger partial charge >= 0.3 is 0 Å². The SMILES string of the molecule is CCCCCCCCC(CCCCCC)CN1C(=O)C2=C(c3ccc(-c4ccc(C(C)(C)C)s4)s3)N(CC(CCCCCC)CCCCCCCC)C(=O)C2=C1c1ccc(-c2ccc(C=Cc3ccc4c5ccc(C=CC(C)(C)C)cc5n(C(CCCCCCCC)CCCCCCCC)c4c3)s2)s1. The quantitative estimate of drug-likeness (QED) is 0.0357. The molecule has 2 aliphatic heterocycles. The summed E-state index contributed by atoms with van der Waals surface area (Å²) in [6.07, 6.45) is 56.8. The van der Waals surface area contributed by atoms with E-state index in [-0.39, 0.29) is 22.6 Å². The smallest absolute Gasteiger partial charge is 0.261 e. The number of amides is 2. The maximum absolute atomic E-state index is 16.3. The average molecular weight is 1480 g/mol. The Morgan fingerprint density at radius 2 is 0.702 bits per heavy atom. The molecule has 0 aliphatic carbocycles. The summed E-state index contributed by atoms with van der Waals surface area (Å²) in [5.74, 6) is 0.759. The van der Waals surface area contributed by atoms with Crippen molar-refractivity contribution >= 4 is 109 Å². The third kappa shape index (κ3) is 23.7. The Kier molecular flexibility index (Phi) is 34.0. The van der Waals surface area contributed by atoms with Gasteiger partial charge < -0.3 is 14.4 Å². The molecule has 0 saturated heterocycles. The van der Waals surface area contributed by atoms with Crippen LogP contribution in [-0.4, -0.2) is 39.3 Å². The van der Waals surface area contributed by atoms with Crippen molar-refractivity contribution in [3.05, 3.63) is 133 Å². The van der Waals surface area contributed by atoms with Gasteiger partial charge in [-0.15, -0.1) is 45.3 Å². The van der Waals surface area contributed by atoms with E-state index in [4.69, 9.17) is 0 Å². The van der Waals surface area contributed by atoms with Crippen molar-refractivity contribution in [1.82, 2.24) is 14.4 Å². The summed E-state index contributed by atoms with van der Waals surface area (Å²) in [6, 6.07) is 33.1. The first-order chi connectivity index (χ1) is 50.5. The summed E-state index contributed by atoms with van der Waals surface area (Å²) in [5.41, 5.74) is 8.40. The Morgan fingerprint density at radius 1 is 0.356 bits per heavy atom. The van der Waals surface area contributed by atoms with Gasteiger partial charge in [-0.25, -0.2) is 0 Å². The largest absolute Gasteiger partial charge is 0.337 e. The number of carbonyl (C=O) groups excluding carboxylic acids is 2. The topological polar surface area (TPSA) is 45.6 Å². The molecule has 5 nitrogen and oxygen atoms in total. The van der Waals surface area contributed by atoms with Crippen molar-refractivity contribution in [2.75, 3.05) is 13.1 Å². The number of thiophene rings is 4. The van der Waals surface area contributed by atoms with Crippen molar-refractivity contribution in [2.45, 2.75) is 339 Å². The number of carbonyl (C=O) groups is 2. The highest BCUT2D eigenvalue weighted by atomic mass is 32.1. The molecule has 7 heterocycles. The zero-order valence-electron chi connectivity index (χ0n) is 67.2. The van der Waals surface area contributed by atoms with E-state index < -0.39 is 0 Å². The van der Waals surface area contributed by atoms with Gasteiger partial charge in [0.15, 0.2) is 0 Å². The zero-order chi connectivity index (χ0) is 73.9. The molecular weight excluding hydrogens is 1340 g/mol. The lowest BCUT2D eigenvalue weighted by atomic mass is 9.93. The standard InChI is InChI=1S/C95H137N3O2S4/c1-13-19-25-31-35-41-47-73(45-39-29-23-17-5)69-96-90(88-89(93(96)100)91(86-62-60-83(103-86)84-63-64-87(104-84)95(10,11)12)97(92(88)99)70-74(46-40-30-24-18-6)48-42-36-32-26-20-14-2)85-61-59-82(102-85)81-58-55-76(101-81)54-51-71-52-56-77-78-57-53-72(65-66-94(7,8)9)68-80(78)98(79(77)67-71)75(49-43-37-33-27-21-15-3)50-44-38-34-28-22-16-4/h51-68,73-75H,13-50,69-70H2,1-12H3. The lowest BCUT2D eigenvalue weighted by Gasteiger charge is -2.29. The van der Waals surface area contributed by atoms with Crippen molar-refractivity contribution in [3.63, 3.8) is 0 Å². The molecule has 2 amide bonds. The Morgan fingerprint density at radius 3 is 1.11 bits per heavy atom. The van der Waals surface area contributed by atoms with E-state index in [1.165, 1.54) is 281 Å². The number of allylic oxidation sites excluding steroid dienone is 1. The molecule has 7 aromatic rings. The molecule has 0 spiro atoms. The number of fused-ring (bicyclic) bond motifs is 4. The molecule has 2 aromatic carbocycles. The van der Waals surface area contributed by atoms with Crippen LogP contribution in [0, 0.1) is 17.3 Å². The summed E-state index contributed by atoms with van der Waals surface area (Å²) in [5, 5.41) is 2.71. The monoisotopic (exact) mass is 1480 g/mol. The molecule has 2 atom stereocenters. The van der Waals surface area contributed by atoms with E-state index in [2.05, 4.69) is 207 Å². The summed E-state index contributed by atoms with van der Waals surface area (Å²) in [6.45, 7) is 28.9. The van der Waals surface area contributed by atoms with Gasteiger partial charge in [-0.3, -0.25) is 9.59 Å². The Balaban J connectivity index is 1.10. The maximum Gasteiger partial charge on any atom is 0.261 e. The van der Waals surface area contributed by atoms with Gasteiger partial charge in [-0.1, -0.05) is 331 Å². The summed E-state index contributed by atoms with van der Waals surface area (Å²) >= 11 is 7.26. The third-order valence-corrected chi connectivity index (χ3v) is 27.4. The maximum atomic E-state index is 16.3. The van der Waals surface area contributed by atoms with E-state index in [1.807, 2.05) is 22.7 Å². The first-order valence-corrected chi connectivity index (χ1v) is 45.7. The van der Waals surface area contributed by atoms with E-state index >= 15 is 9.59 Å². The van der Waals surface area contributed by atoms with Gasteiger partial charge in [0, 0.05) is 70.2 Å². The number of benzene rings is 2. The van der Waals surface area contributed by atoms with Crippen molar-refractivity contribution < 1.29 is 9.59 Å². The van der Waals surface area contributed by atoms with Crippen molar-refractivity contribution in [1.29, 1.82) is 0 Å². The fourth-order valence-electron chi connectivity index (χ4n) is 16.1. The minimum atomic E-state index is 0.0278. The average Bonchev–Trinajstić information content (AvgIpc) is 1.55. The minimum Gasteiger partial charge on any atom is -0.337 e. The van der Waals surface area contributed by atoms with Crippen LogP contribution in [0.4, 0.5) is 0 Å². The second-order valence-corrected chi connectivity index (χ2v) is 37.9. The van der Waals surface area contributed by atoms with Crippen LogP contribution < -0.4 is 0 Å². The lowest BCUT2D eigenvalue weighted by Crippen LogP contribution is -2.34. The summed E-state index contributed by atoms with van der Waals surface area (Å²) < 4.78 is 2.79. The van der Waals surface area contributed by atoms with Crippen LogP contribution >= 0.6 is 45.3 Å². The summed E-state index contributed by atoms with van der Waals surface area (Å²) in [4.78, 5) is 46.5. The normalized spacial score (nSPS) is 14.6. The number of hydrogen-bond donors (Lipinski definition) is 0. The highest BCUT2D eigenvalue weighted by Gasteiger charge is 2.50. The fourth-order valence-corrected chi connectivity index (χ4v) is 20.4. The zero-order valence-corrected chi connectivity index (χ0v) is 70.5. The van der Waals surface area contributed by atoms with Crippen LogP contribution in [0.2, 0.25) is 0 Å². The van der Waals surface area contributed by atoms with Crippen LogP contribution in [0.1, 0.15) is 364 Å². The molecular formula is C95H137N3O2S4. The minimum absolute atomic E-state index is 0.0278. The molecule has 0 N–H and O–H groups in total. The Bertz CT molecular complexity index is 3850. The van der Waals surface area contributed by atoms with Gasteiger partial charge in [-0.2, -0.15) is 0 Å². The van der Waals surface area contributed by atoms with E-state index in [0.717, 1.165) is 46.8 Å². The molecule has 0 radical (unpaired) electrons. The number of rotatable bonds is 50. The van der Waals surface area contributed by atoms with Gasteiger partial charge in [0.2, 0.25) is 0 Å². The predicted molar refractivity (Wildman–Crippen MR) is 464 cm³/mol. The third-order valence-electron chi connectivity index (χ3n) is 22.3. The van der Waals surface area contributed by atoms with E-state index in [9.17, 15) is 0 Å². The molecule has 2 unspecified atom stereocenters. The van der Waals surface area contributed by atoms with Crippen LogP contribution in [0.5, 0.6) is 0 Å². The molecule has 568 valence electrons. The highest BCUT2D eigenvalue weighted by Crippen LogP contribution is 2.52. The Hall–Kier alpha value is -5.06. The summed E-state index contributed by atoms with van der Waals surface area (Å²) in [7, 11) is 0. The van der Waals surface area contributed by atoms with E-state index in [0.29, 0.717) is 42.1 Å². The lowest BCUT2D eigenvalue weighted by molar-refractivity contribution is -0.124. The molecule has 2 aliphatic rings. The van der Waals surface area contributed by atoms with Gasteiger partial charge in [-0.05, 0) is 139 Å². The number of unbranched alkanes of at least 4 members (excludes halogenated alkanes) is 26.